The second-order valence-corrected chi connectivity index (χ2v) is 4.91. The van der Waals surface area contributed by atoms with Crippen molar-refractivity contribution in [3.63, 3.8) is 0 Å². The average molecular weight is 258 g/mol. The molecule has 1 N–H and O–H groups in total. The third-order valence-electron chi connectivity index (χ3n) is 3.25. The smallest absolute Gasteiger partial charge is 0.258 e. The van der Waals surface area contributed by atoms with Crippen molar-refractivity contribution in [3.05, 3.63) is 12.7 Å². The monoisotopic (exact) mass is 258 g/mol. The summed E-state index contributed by atoms with van der Waals surface area (Å²) in [5.74, 6) is 0.422. The molecule has 0 radical (unpaired) electrons. The molecular weight excluding hydrogens is 244 g/mol. The Morgan fingerprint density at radius 2 is 2.11 bits per heavy atom. The average Bonchev–Trinajstić information content (AvgIpc) is 2.93. The fraction of sp³-hybridized carbons (Fsp3) is 0.417. The number of nitrogens with one attached hydrogen (secondary N) is 1. The number of carbonyl (C=O) groups excluding carboxylic acids is 1. The number of nitrogens with zero attached hydrogens (tertiary/aromatic N) is 5. The maximum absolute atomic E-state index is 12.4. The summed E-state index contributed by atoms with van der Waals surface area (Å²) in [7, 11) is 0. The van der Waals surface area contributed by atoms with Crippen LogP contribution in [0.2, 0.25) is 0 Å². The maximum Gasteiger partial charge on any atom is 0.258 e. The van der Waals surface area contributed by atoms with E-state index in [9.17, 15) is 4.79 Å². The number of H-pyrrole nitrogens is 1. The molecule has 0 fully saturated rings. The van der Waals surface area contributed by atoms with Crippen LogP contribution in [0.4, 0.5) is 5.82 Å². The first-order valence-electron chi connectivity index (χ1n) is 6.12. The van der Waals surface area contributed by atoms with Crippen LogP contribution in [0.3, 0.4) is 0 Å². The Hall–Kier alpha value is -2.31. The zero-order valence-electron chi connectivity index (χ0n) is 11.0. The normalized spacial score (nSPS) is 19.6. The van der Waals surface area contributed by atoms with Crippen LogP contribution in [0.1, 0.15) is 20.8 Å². The molecule has 19 heavy (non-hydrogen) atoms. The number of hydrazone groups is 1. The second-order valence-electron chi connectivity index (χ2n) is 4.91. The lowest BCUT2D eigenvalue weighted by Gasteiger charge is -2.15. The minimum absolute atomic E-state index is 0.0536. The predicted octanol–water partition coefficient (Wildman–Crippen LogP) is 1.35. The SMILES string of the molecule is CC1=NN(c2ncnc3nc[nH]c23)C(=O)C1C(C)C. The molecule has 0 saturated carbocycles. The molecule has 7 nitrogen and oxygen atoms in total. The standard InChI is InChI=1S/C12H14N6O/c1-6(2)8-7(3)17-18(12(8)19)11-9-10(14-4-13-9)15-5-16-11/h4-6,8H,1-3H3,(H,13,14,15,16). The van der Waals surface area contributed by atoms with Gasteiger partial charge < -0.3 is 4.98 Å². The molecule has 98 valence electrons. The number of hydrogen-bond donors (Lipinski definition) is 1. The molecule has 0 aromatic carbocycles. The Morgan fingerprint density at radius 3 is 2.79 bits per heavy atom. The molecule has 1 aliphatic rings. The Bertz CT molecular complexity index is 674. The zero-order chi connectivity index (χ0) is 13.6. The van der Waals surface area contributed by atoms with Gasteiger partial charge in [-0.05, 0) is 12.8 Å². The van der Waals surface area contributed by atoms with Crippen molar-refractivity contribution < 1.29 is 4.79 Å². The van der Waals surface area contributed by atoms with E-state index in [4.69, 9.17) is 0 Å². The molecule has 3 heterocycles. The van der Waals surface area contributed by atoms with Crippen molar-refractivity contribution in [2.24, 2.45) is 16.9 Å². The number of carbonyl (C=O) groups is 1. The van der Waals surface area contributed by atoms with Gasteiger partial charge in [-0.2, -0.15) is 10.1 Å². The Morgan fingerprint density at radius 1 is 1.32 bits per heavy atom. The van der Waals surface area contributed by atoms with E-state index < -0.39 is 0 Å². The summed E-state index contributed by atoms with van der Waals surface area (Å²) in [6.45, 7) is 5.89. The molecule has 2 aromatic heterocycles. The van der Waals surface area contributed by atoms with Gasteiger partial charge in [0.1, 0.15) is 11.8 Å². The van der Waals surface area contributed by atoms with E-state index in [0.29, 0.717) is 17.0 Å². The minimum atomic E-state index is -0.187. The lowest BCUT2D eigenvalue weighted by molar-refractivity contribution is -0.120. The van der Waals surface area contributed by atoms with Crippen LogP contribution in [-0.4, -0.2) is 31.6 Å². The van der Waals surface area contributed by atoms with Crippen LogP contribution in [0.25, 0.3) is 11.2 Å². The van der Waals surface area contributed by atoms with Crippen LogP contribution in [-0.2, 0) is 4.79 Å². The highest BCUT2D eigenvalue weighted by atomic mass is 16.2. The Kier molecular flexibility index (Phi) is 2.55. The summed E-state index contributed by atoms with van der Waals surface area (Å²) in [6.07, 6.45) is 2.92. The highest BCUT2D eigenvalue weighted by Crippen LogP contribution is 2.29. The van der Waals surface area contributed by atoms with Crippen LogP contribution in [0.15, 0.2) is 17.8 Å². The van der Waals surface area contributed by atoms with Crippen molar-refractivity contribution in [1.29, 1.82) is 0 Å². The van der Waals surface area contributed by atoms with Gasteiger partial charge in [0.15, 0.2) is 11.5 Å². The van der Waals surface area contributed by atoms with E-state index in [1.54, 1.807) is 0 Å². The van der Waals surface area contributed by atoms with Crippen molar-refractivity contribution in [1.82, 2.24) is 19.9 Å². The molecule has 0 bridgehead atoms. The van der Waals surface area contributed by atoms with Crippen LogP contribution < -0.4 is 5.01 Å². The van der Waals surface area contributed by atoms with Gasteiger partial charge in [0.05, 0.1) is 12.2 Å². The number of amides is 1. The third kappa shape index (κ3) is 1.69. The molecule has 1 atom stereocenters. The molecule has 0 spiro atoms. The lowest BCUT2D eigenvalue weighted by atomic mass is 9.92. The summed E-state index contributed by atoms with van der Waals surface area (Å²) >= 11 is 0. The molecule has 2 aromatic rings. The largest absolute Gasteiger partial charge is 0.340 e. The van der Waals surface area contributed by atoms with Gasteiger partial charge in [0, 0.05) is 5.71 Å². The fourth-order valence-corrected chi connectivity index (χ4v) is 2.41. The Labute approximate surface area is 109 Å². The molecule has 1 amide bonds. The maximum atomic E-state index is 12.4. The third-order valence-corrected chi connectivity index (χ3v) is 3.25. The first-order valence-corrected chi connectivity index (χ1v) is 6.12. The number of aromatic amines is 1. The number of imidazole rings is 1. The molecule has 3 rings (SSSR count). The summed E-state index contributed by atoms with van der Waals surface area (Å²) in [6, 6.07) is 0. The van der Waals surface area contributed by atoms with Gasteiger partial charge in [0.25, 0.3) is 5.91 Å². The second kappa shape index (κ2) is 4.11. The Balaban J connectivity index is 2.09. The zero-order valence-corrected chi connectivity index (χ0v) is 11.0. The molecule has 0 saturated heterocycles. The number of aromatic nitrogens is 4. The van der Waals surface area contributed by atoms with E-state index in [-0.39, 0.29) is 17.7 Å². The number of anilines is 1. The van der Waals surface area contributed by atoms with E-state index in [0.717, 1.165) is 5.71 Å². The number of hydrogen-bond acceptors (Lipinski definition) is 5. The number of fused-ring (bicyclic) bond motifs is 1. The highest BCUT2D eigenvalue weighted by Gasteiger charge is 2.37. The van der Waals surface area contributed by atoms with E-state index >= 15 is 0 Å². The summed E-state index contributed by atoms with van der Waals surface area (Å²) in [5.41, 5.74) is 1.96. The quantitative estimate of drug-likeness (QED) is 0.880. The number of rotatable bonds is 2. The summed E-state index contributed by atoms with van der Waals surface area (Å²) in [4.78, 5) is 27.6. The summed E-state index contributed by atoms with van der Waals surface area (Å²) < 4.78 is 0. The predicted molar refractivity (Wildman–Crippen MR) is 70.6 cm³/mol. The van der Waals surface area contributed by atoms with Gasteiger partial charge in [0.2, 0.25) is 0 Å². The molecule has 0 aliphatic carbocycles. The van der Waals surface area contributed by atoms with Gasteiger partial charge in [-0.1, -0.05) is 13.8 Å². The molecule has 1 unspecified atom stereocenters. The molecule has 1 aliphatic heterocycles. The van der Waals surface area contributed by atoms with E-state index in [2.05, 4.69) is 25.0 Å². The fourth-order valence-electron chi connectivity index (χ4n) is 2.41. The van der Waals surface area contributed by atoms with Crippen molar-refractivity contribution in [2.75, 3.05) is 5.01 Å². The van der Waals surface area contributed by atoms with Gasteiger partial charge in [-0.15, -0.1) is 0 Å². The highest BCUT2D eigenvalue weighted by molar-refractivity contribution is 6.16. The van der Waals surface area contributed by atoms with Crippen LogP contribution in [0.5, 0.6) is 0 Å². The van der Waals surface area contributed by atoms with E-state index in [1.165, 1.54) is 17.7 Å². The lowest BCUT2D eigenvalue weighted by Crippen LogP contribution is -2.30. The molecular formula is C12H14N6O. The van der Waals surface area contributed by atoms with Crippen LogP contribution in [0, 0.1) is 11.8 Å². The first kappa shape index (κ1) is 11.8. The van der Waals surface area contributed by atoms with Crippen molar-refractivity contribution in [2.45, 2.75) is 20.8 Å². The first-order chi connectivity index (χ1) is 9.09. The minimum Gasteiger partial charge on any atom is -0.340 e. The van der Waals surface area contributed by atoms with Gasteiger partial charge in [-0.25, -0.2) is 15.0 Å². The summed E-state index contributed by atoms with van der Waals surface area (Å²) in [5, 5.41) is 5.68. The van der Waals surface area contributed by atoms with Crippen molar-refractivity contribution >= 4 is 28.6 Å². The van der Waals surface area contributed by atoms with Gasteiger partial charge in [-0.3, -0.25) is 4.79 Å². The molecule has 7 heteroatoms. The van der Waals surface area contributed by atoms with Crippen LogP contribution >= 0.6 is 0 Å². The van der Waals surface area contributed by atoms with E-state index in [1.807, 2.05) is 20.8 Å². The van der Waals surface area contributed by atoms with Crippen molar-refractivity contribution in [3.8, 4) is 0 Å². The van der Waals surface area contributed by atoms with Gasteiger partial charge >= 0.3 is 0 Å². The topological polar surface area (TPSA) is 87.1 Å².